The lowest BCUT2D eigenvalue weighted by Crippen LogP contribution is -2.49. The monoisotopic (exact) mass is 248 g/mol. The molecule has 102 valence electrons. The largest absolute Gasteiger partial charge is 0.323 e. The van der Waals surface area contributed by atoms with Crippen molar-refractivity contribution in [3.05, 3.63) is 35.4 Å². The highest BCUT2D eigenvalue weighted by atomic mass is 15.2. The third-order valence-electron chi connectivity index (χ3n) is 4.41. The Morgan fingerprint density at radius 1 is 1.22 bits per heavy atom. The second-order valence-electron chi connectivity index (χ2n) is 5.95. The molecular weight excluding hydrogens is 220 g/mol. The lowest BCUT2D eigenvalue weighted by Gasteiger charge is -2.41. The second kappa shape index (κ2) is 5.85. The van der Waals surface area contributed by atoms with Gasteiger partial charge in [0.15, 0.2) is 0 Å². The molecule has 1 rings (SSSR count). The van der Waals surface area contributed by atoms with Crippen LogP contribution in [0.3, 0.4) is 0 Å². The Kier molecular flexibility index (Phi) is 4.94. The molecule has 2 N–H and O–H groups in total. The summed E-state index contributed by atoms with van der Waals surface area (Å²) >= 11 is 0. The van der Waals surface area contributed by atoms with Crippen LogP contribution in [0.15, 0.2) is 24.3 Å². The minimum atomic E-state index is 0.0569. The molecule has 0 aliphatic carbocycles. The molecule has 2 heteroatoms. The zero-order valence-electron chi connectivity index (χ0n) is 12.7. The summed E-state index contributed by atoms with van der Waals surface area (Å²) in [6.07, 6.45) is 1.12. The molecule has 1 aromatic rings. The van der Waals surface area contributed by atoms with Gasteiger partial charge in [0.25, 0.3) is 0 Å². The number of nitrogens with two attached hydrogens (primary N) is 1. The topological polar surface area (TPSA) is 29.3 Å². The van der Waals surface area contributed by atoms with E-state index in [0.717, 1.165) is 6.42 Å². The summed E-state index contributed by atoms with van der Waals surface area (Å²) in [5.74, 6) is 0. The Bertz CT molecular complexity index is 367. The molecule has 1 aromatic carbocycles. The first kappa shape index (κ1) is 15.2. The summed E-state index contributed by atoms with van der Waals surface area (Å²) in [4.78, 5) is 2.39. The van der Waals surface area contributed by atoms with E-state index in [1.165, 1.54) is 11.1 Å². The fourth-order valence-corrected chi connectivity index (χ4v) is 2.11. The molecule has 0 aromatic heterocycles. The van der Waals surface area contributed by atoms with Crippen molar-refractivity contribution in [1.29, 1.82) is 0 Å². The highest BCUT2D eigenvalue weighted by Gasteiger charge is 2.29. The van der Waals surface area contributed by atoms with E-state index < -0.39 is 0 Å². The average molecular weight is 248 g/mol. The molecule has 0 aliphatic rings. The first-order chi connectivity index (χ1) is 8.29. The van der Waals surface area contributed by atoms with E-state index in [2.05, 4.69) is 70.8 Å². The summed E-state index contributed by atoms with van der Waals surface area (Å²) in [6, 6.07) is 8.93. The zero-order chi connectivity index (χ0) is 13.9. The van der Waals surface area contributed by atoms with Crippen molar-refractivity contribution in [2.75, 3.05) is 7.05 Å². The van der Waals surface area contributed by atoms with E-state index in [1.54, 1.807) is 0 Å². The highest BCUT2D eigenvalue weighted by Crippen LogP contribution is 2.25. The van der Waals surface area contributed by atoms with Crippen LogP contribution in [0.1, 0.15) is 51.3 Å². The molecule has 0 bridgehead atoms. The average Bonchev–Trinajstić information content (AvgIpc) is 2.37. The number of benzene rings is 1. The summed E-state index contributed by atoms with van der Waals surface area (Å²) in [6.45, 7) is 11.1. The Hall–Kier alpha value is -0.860. The van der Waals surface area contributed by atoms with Gasteiger partial charge in [-0.3, -0.25) is 4.90 Å². The lowest BCUT2D eigenvalue weighted by atomic mass is 9.93. The molecular formula is C16H28N2. The van der Waals surface area contributed by atoms with Gasteiger partial charge in [-0.25, -0.2) is 0 Å². The number of aryl methyl sites for hydroxylation is 1. The number of nitrogens with zero attached hydrogens (tertiary/aromatic N) is 1. The predicted molar refractivity (Wildman–Crippen MR) is 79.7 cm³/mol. The standard InChI is InChI=1S/C16H28N2/c1-7-16(4,5)18(6)13(3)15(17)14-10-8-12(2)9-11-14/h8-11,13,15H,7,17H2,1-6H3. The Morgan fingerprint density at radius 3 is 2.17 bits per heavy atom. The molecule has 0 aliphatic heterocycles. The maximum atomic E-state index is 6.40. The molecule has 2 unspecified atom stereocenters. The third kappa shape index (κ3) is 3.33. The Labute approximate surface area is 112 Å². The summed E-state index contributed by atoms with van der Waals surface area (Å²) in [7, 11) is 2.17. The van der Waals surface area contributed by atoms with Crippen LogP contribution in [-0.4, -0.2) is 23.5 Å². The molecule has 0 amide bonds. The molecule has 0 saturated heterocycles. The van der Waals surface area contributed by atoms with E-state index >= 15 is 0 Å². The van der Waals surface area contributed by atoms with E-state index in [4.69, 9.17) is 5.73 Å². The fourth-order valence-electron chi connectivity index (χ4n) is 2.11. The van der Waals surface area contributed by atoms with Gasteiger partial charge in [0.05, 0.1) is 0 Å². The minimum absolute atomic E-state index is 0.0569. The molecule has 2 atom stereocenters. The van der Waals surface area contributed by atoms with Crippen molar-refractivity contribution in [2.24, 2.45) is 5.73 Å². The number of hydrogen-bond acceptors (Lipinski definition) is 2. The van der Waals surface area contributed by atoms with Gasteiger partial charge in [-0.2, -0.15) is 0 Å². The van der Waals surface area contributed by atoms with Crippen molar-refractivity contribution in [3.8, 4) is 0 Å². The van der Waals surface area contributed by atoms with Crippen molar-refractivity contribution in [1.82, 2.24) is 4.90 Å². The van der Waals surface area contributed by atoms with Crippen molar-refractivity contribution in [2.45, 2.75) is 58.7 Å². The third-order valence-corrected chi connectivity index (χ3v) is 4.41. The van der Waals surface area contributed by atoms with Gasteiger partial charge in [0.1, 0.15) is 0 Å². The van der Waals surface area contributed by atoms with Crippen LogP contribution in [0.4, 0.5) is 0 Å². The van der Waals surface area contributed by atoms with Crippen molar-refractivity contribution in [3.63, 3.8) is 0 Å². The molecule has 0 fully saturated rings. The first-order valence-electron chi connectivity index (χ1n) is 6.84. The van der Waals surface area contributed by atoms with Gasteiger partial charge in [-0.05, 0) is 46.7 Å². The first-order valence-corrected chi connectivity index (χ1v) is 6.84. The maximum Gasteiger partial charge on any atom is 0.0450 e. The molecule has 0 spiro atoms. The quantitative estimate of drug-likeness (QED) is 0.864. The highest BCUT2D eigenvalue weighted by molar-refractivity contribution is 5.25. The van der Waals surface area contributed by atoms with Crippen LogP contribution < -0.4 is 5.73 Å². The number of likely N-dealkylation sites (N-methyl/N-ethyl adjacent to an activating group) is 1. The lowest BCUT2D eigenvalue weighted by molar-refractivity contribution is 0.0914. The van der Waals surface area contributed by atoms with Gasteiger partial charge in [0, 0.05) is 17.6 Å². The van der Waals surface area contributed by atoms with Gasteiger partial charge in [0.2, 0.25) is 0 Å². The smallest absolute Gasteiger partial charge is 0.0450 e. The number of rotatable bonds is 5. The van der Waals surface area contributed by atoms with Crippen LogP contribution >= 0.6 is 0 Å². The van der Waals surface area contributed by atoms with Crippen molar-refractivity contribution < 1.29 is 0 Å². The van der Waals surface area contributed by atoms with E-state index in [-0.39, 0.29) is 11.6 Å². The van der Waals surface area contributed by atoms with E-state index in [9.17, 15) is 0 Å². The van der Waals surface area contributed by atoms with E-state index in [0.29, 0.717) is 6.04 Å². The summed E-state index contributed by atoms with van der Waals surface area (Å²) < 4.78 is 0. The van der Waals surface area contributed by atoms with Gasteiger partial charge < -0.3 is 5.73 Å². The van der Waals surface area contributed by atoms with Crippen LogP contribution in [0.5, 0.6) is 0 Å². The fraction of sp³-hybridized carbons (Fsp3) is 0.625. The molecule has 0 saturated carbocycles. The zero-order valence-corrected chi connectivity index (χ0v) is 12.7. The second-order valence-corrected chi connectivity index (χ2v) is 5.95. The molecule has 18 heavy (non-hydrogen) atoms. The van der Waals surface area contributed by atoms with Crippen LogP contribution in [-0.2, 0) is 0 Å². The molecule has 2 nitrogen and oxygen atoms in total. The number of hydrogen-bond donors (Lipinski definition) is 1. The normalized spacial score (nSPS) is 15.8. The Morgan fingerprint density at radius 2 is 1.72 bits per heavy atom. The Balaban J connectivity index is 2.83. The molecule has 0 radical (unpaired) electrons. The maximum absolute atomic E-state index is 6.40. The van der Waals surface area contributed by atoms with Crippen molar-refractivity contribution >= 4 is 0 Å². The SMILES string of the molecule is CCC(C)(C)N(C)C(C)C(N)c1ccc(C)cc1. The van der Waals surface area contributed by atoms with Gasteiger partial charge in [-0.15, -0.1) is 0 Å². The van der Waals surface area contributed by atoms with Crippen LogP contribution in [0.25, 0.3) is 0 Å². The minimum Gasteiger partial charge on any atom is -0.323 e. The summed E-state index contributed by atoms with van der Waals surface area (Å²) in [5.41, 5.74) is 9.07. The van der Waals surface area contributed by atoms with Crippen LogP contribution in [0.2, 0.25) is 0 Å². The summed E-state index contributed by atoms with van der Waals surface area (Å²) in [5, 5.41) is 0. The van der Waals surface area contributed by atoms with E-state index in [1.807, 2.05) is 0 Å². The van der Waals surface area contributed by atoms with Gasteiger partial charge >= 0.3 is 0 Å². The van der Waals surface area contributed by atoms with Crippen LogP contribution in [0, 0.1) is 6.92 Å². The predicted octanol–water partition coefficient (Wildman–Crippen LogP) is 3.50. The van der Waals surface area contributed by atoms with Gasteiger partial charge in [-0.1, -0.05) is 36.8 Å². The molecule has 0 heterocycles.